The summed E-state index contributed by atoms with van der Waals surface area (Å²) in [6, 6.07) is 21.6. The predicted molar refractivity (Wildman–Crippen MR) is 148 cm³/mol. The summed E-state index contributed by atoms with van der Waals surface area (Å²) in [5.41, 5.74) is 2.71. The Morgan fingerprint density at radius 2 is 1.59 bits per heavy atom. The number of piperidine rings is 1. The van der Waals surface area contributed by atoms with Crippen molar-refractivity contribution >= 4 is 34.8 Å². The number of hydrogen-bond acceptors (Lipinski definition) is 5. The number of hydrogen-bond donors (Lipinski definition) is 0. The highest BCUT2D eigenvalue weighted by molar-refractivity contribution is 7.18. The molecule has 194 valence electrons. The van der Waals surface area contributed by atoms with Gasteiger partial charge in [0.1, 0.15) is 6.61 Å². The van der Waals surface area contributed by atoms with E-state index in [-0.39, 0.29) is 30.3 Å². The van der Waals surface area contributed by atoms with E-state index in [1.54, 1.807) is 9.80 Å². The van der Waals surface area contributed by atoms with Gasteiger partial charge < -0.3 is 14.5 Å². The van der Waals surface area contributed by atoms with Gasteiger partial charge in [0.2, 0.25) is 5.91 Å². The molecular weight excluding hydrogens is 484 g/mol. The van der Waals surface area contributed by atoms with Crippen LogP contribution in [0.5, 0.6) is 0 Å². The van der Waals surface area contributed by atoms with Crippen molar-refractivity contribution in [1.29, 1.82) is 0 Å². The molecule has 4 rings (SSSR count). The second kappa shape index (κ2) is 12.7. The minimum Gasteiger partial charge on any atom is -0.445 e. The van der Waals surface area contributed by atoms with Crippen molar-refractivity contribution < 1.29 is 19.1 Å². The molecule has 1 aliphatic rings. The van der Waals surface area contributed by atoms with E-state index >= 15 is 0 Å². The predicted octanol–water partition coefficient (Wildman–Crippen LogP) is 6.80. The Kier molecular flexibility index (Phi) is 9.12. The first-order valence-electron chi connectivity index (χ1n) is 13.0. The Morgan fingerprint density at radius 1 is 0.946 bits per heavy atom. The monoisotopic (exact) mass is 518 g/mol. The Bertz CT molecular complexity index is 1200. The standard InChI is InChI=1S/C30H34N2O4S/c1-3-26(33)29-25(19-27(37-29)24-13-9-6-10-14-24)32(28(34)4-2)20-22-15-17-31(18-16-22)30(35)36-21-23-11-7-5-8-12-23/h5-14,19,22H,3-4,15-18,20-21H2,1-2H3. The maximum atomic E-state index is 13.1. The highest BCUT2D eigenvalue weighted by Crippen LogP contribution is 2.38. The summed E-state index contributed by atoms with van der Waals surface area (Å²) in [6.45, 7) is 5.68. The van der Waals surface area contributed by atoms with Crippen LogP contribution in [0.3, 0.4) is 0 Å². The molecule has 1 aliphatic heterocycles. The molecular formula is C30H34N2O4S. The van der Waals surface area contributed by atoms with Crippen molar-refractivity contribution in [3.8, 4) is 10.4 Å². The Labute approximate surface area is 222 Å². The molecule has 2 aromatic carbocycles. The second-order valence-electron chi connectivity index (χ2n) is 9.30. The van der Waals surface area contributed by atoms with E-state index in [2.05, 4.69) is 0 Å². The largest absolute Gasteiger partial charge is 0.445 e. The molecule has 0 spiro atoms. The lowest BCUT2D eigenvalue weighted by Crippen LogP contribution is -2.43. The zero-order valence-corrected chi connectivity index (χ0v) is 22.3. The van der Waals surface area contributed by atoms with Crippen molar-refractivity contribution in [2.45, 2.75) is 46.1 Å². The van der Waals surface area contributed by atoms with Gasteiger partial charge in [-0.2, -0.15) is 0 Å². The molecule has 37 heavy (non-hydrogen) atoms. The van der Waals surface area contributed by atoms with Crippen LogP contribution in [0.25, 0.3) is 10.4 Å². The van der Waals surface area contributed by atoms with Crippen LogP contribution in [0, 0.1) is 5.92 Å². The first kappa shape index (κ1) is 26.6. The normalized spacial score (nSPS) is 13.8. The van der Waals surface area contributed by atoms with E-state index in [0.717, 1.165) is 28.8 Å². The number of ketones is 1. The van der Waals surface area contributed by atoms with Crippen LogP contribution < -0.4 is 4.90 Å². The highest BCUT2D eigenvalue weighted by Gasteiger charge is 2.29. The maximum Gasteiger partial charge on any atom is 0.410 e. The number of Topliss-reactive ketones (excluding diaryl/α,β-unsaturated/α-hetero) is 1. The smallest absolute Gasteiger partial charge is 0.410 e. The number of carbonyl (C=O) groups excluding carboxylic acids is 3. The van der Waals surface area contributed by atoms with Gasteiger partial charge in [0, 0.05) is 37.4 Å². The third kappa shape index (κ3) is 6.66. The summed E-state index contributed by atoms with van der Waals surface area (Å²) in [7, 11) is 0. The number of thiophene rings is 1. The second-order valence-corrected chi connectivity index (χ2v) is 10.3. The summed E-state index contributed by atoms with van der Waals surface area (Å²) < 4.78 is 5.49. The van der Waals surface area contributed by atoms with Crippen LogP contribution in [-0.2, 0) is 16.1 Å². The fraction of sp³-hybridized carbons (Fsp3) is 0.367. The minimum atomic E-state index is -0.301. The SMILES string of the molecule is CCC(=O)c1sc(-c2ccccc2)cc1N(CC1CCN(C(=O)OCc2ccccc2)CC1)C(=O)CC. The molecule has 1 aromatic heterocycles. The molecule has 2 amide bonds. The van der Waals surface area contributed by atoms with Crippen LogP contribution in [0.2, 0.25) is 0 Å². The van der Waals surface area contributed by atoms with Gasteiger partial charge in [-0.1, -0.05) is 74.5 Å². The van der Waals surface area contributed by atoms with E-state index in [1.807, 2.05) is 80.6 Å². The van der Waals surface area contributed by atoms with Gasteiger partial charge >= 0.3 is 6.09 Å². The first-order valence-corrected chi connectivity index (χ1v) is 13.8. The zero-order chi connectivity index (χ0) is 26.2. The zero-order valence-electron chi connectivity index (χ0n) is 21.5. The van der Waals surface area contributed by atoms with Crippen molar-refractivity contribution in [2.75, 3.05) is 24.5 Å². The first-order chi connectivity index (χ1) is 18.0. The highest BCUT2D eigenvalue weighted by atomic mass is 32.1. The van der Waals surface area contributed by atoms with Crippen molar-refractivity contribution in [3.63, 3.8) is 0 Å². The van der Waals surface area contributed by atoms with Crippen LogP contribution in [0.1, 0.15) is 54.8 Å². The Morgan fingerprint density at radius 3 is 2.22 bits per heavy atom. The topological polar surface area (TPSA) is 66.9 Å². The van der Waals surface area contributed by atoms with Gasteiger partial charge in [-0.3, -0.25) is 9.59 Å². The molecule has 0 saturated carbocycles. The molecule has 0 unspecified atom stereocenters. The number of likely N-dealkylation sites (tertiary alicyclic amines) is 1. The third-order valence-electron chi connectivity index (χ3n) is 6.76. The Hall–Kier alpha value is -3.45. The number of nitrogens with zero attached hydrogens (tertiary/aromatic N) is 2. The van der Waals surface area contributed by atoms with Gasteiger partial charge in [-0.05, 0) is 36.0 Å². The number of anilines is 1. The third-order valence-corrected chi connectivity index (χ3v) is 7.97. The minimum absolute atomic E-state index is 0.00673. The van der Waals surface area contributed by atoms with Crippen molar-refractivity contribution in [2.24, 2.45) is 5.92 Å². The molecule has 2 heterocycles. The van der Waals surface area contributed by atoms with Crippen LogP contribution >= 0.6 is 11.3 Å². The lowest BCUT2D eigenvalue weighted by molar-refractivity contribution is -0.118. The fourth-order valence-electron chi connectivity index (χ4n) is 4.58. The van der Waals surface area contributed by atoms with E-state index in [9.17, 15) is 14.4 Å². The summed E-state index contributed by atoms with van der Waals surface area (Å²) in [5.74, 6) is 0.289. The van der Waals surface area contributed by atoms with Gasteiger partial charge in [-0.25, -0.2) is 4.79 Å². The maximum absolute atomic E-state index is 13.1. The number of amides is 2. The van der Waals surface area contributed by atoms with E-state index in [4.69, 9.17) is 4.74 Å². The molecule has 1 fully saturated rings. The Balaban J connectivity index is 1.45. The molecule has 1 saturated heterocycles. The van der Waals surface area contributed by atoms with Gasteiger partial charge in [0.05, 0.1) is 10.6 Å². The summed E-state index contributed by atoms with van der Waals surface area (Å²) in [5, 5.41) is 0. The van der Waals surface area contributed by atoms with E-state index in [1.165, 1.54) is 11.3 Å². The average Bonchev–Trinajstić information content (AvgIpc) is 3.40. The number of ether oxygens (including phenoxy) is 1. The summed E-state index contributed by atoms with van der Waals surface area (Å²) in [4.78, 5) is 43.8. The fourth-order valence-corrected chi connectivity index (χ4v) is 5.76. The molecule has 0 bridgehead atoms. The average molecular weight is 519 g/mol. The molecule has 0 atom stereocenters. The number of benzene rings is 2. The van der Waals surface area contributed by atoms with Crippen molar-refractivity contribution in [1.82, 2.24) is 4.90 Å². The molecule has 0 aliphatic carbocycles. The van der Waals surface area contributed by atoms with Crippen LogP contribution in [0.4, 0.5) is 10.5 Å². The molecule has 0 radical (unpaired) electrons. The molecule has 3 aromatic rings. The number of carbonyl (C=O) groups is 3. The lowest BCUT2D eigenvalue weighted by atomic mass is 9.96. The van der Waals surface area contributed by atoms with E-state index < -0.39 is 0 Å². The van der Waals surface area contributed by atoms with Crippen molar-refractivity contribution in [3.05, 3.63) is 77.2 Å². The molecule has 0 N–H and O–H groups in total. The summed E-state index contributed by atoms with van der Waals surface area (Å²) >= 11 is 1.46. The van der Waals surface area contributed by atoms with Gasteiger partial charge in [0.25, 0.3) is 0 Å². The van der Waals surface area contributed by atoms with Crippen LogP contribution in [0.15, 0.2) is 66.7 Å². The van der Waals surface area contributed by atoms with Gasteiger partial charge in [-0.15, -0.1) is 11.3 Å². The lowest BCUT2D eigenvalue weighted by Gasteiger charge is -2.34. The number of rotatable bonds is 9. The van der Waals surface area contributed by atoms with Gasteiger partial charge in [0.15, 0.2) is 5.78 Å². The van der Waals surface area contributed by atoms with E-state index in [0.29, 0.717) is 43.0 Å². The summed E-state index contributed by atoms with van der Waals surface area (Å²) in [6.07, 6.45) is 2.01. The molecule has 7 heteroatoms. The van der Waals surface area contributed by atoms with Crippen LogP contribution in [-0.4, -0.2) is 42.3 Å². The molecule has 6 nitrogen and oxygen atoms in total. The quantitative estimate of drug-likeness (QED) is 0.292.